The van der Waals surface area contributed by atoms with Crippen LogP contribution in [-0.2, 0) is 9.53 Å². The Hall–Kier alpha value is -1.09. The number of unbranched alkanes of at least 4 members (excludes halogenated alkanes) is 6. The minimum absolute atomic E-state index is 0.0630. The van der Waals surface area contributed by atoms with Crippen molar-refractivity contribution >= 4 is 5.97 Å². The lowest BCUT2D eigenvalue weighted by molar-refractivity contribution is -0.149. The van der Waals surface area contributed by atoms with Gasteiger partial charge in [-0.15, -0.1) is 0 Å². The Morgan fingerprint density at radius 1 is 1.00 bits per heavy atom. The van der Waals surface area contributed by atoms with E-state index in [0.717, 1.165) is 64.2 Å². The third-order valence-electron chi connectivity index (χ3n) is 6.22. The second-order valence-corrected chi connectivity index (χ2v) is 8.49. The Bertz CT molecular complexity index is 506. The maximum Gasteiger partial charge on any atom is 0.314 e. The molecule has 0 aromatic carbocycles. The van der Waals surface area contributed by atoms with E-state index in [4.69, 9.17) is 4.74 Å². The number of ether oxygens (including phenoxy) is 1. The summed E-state index contributed by atoms with van der Waals surface area (Å²) in [7, 11) is 1.72. The second-order valence-electron chi connectivity index (χ2n) is 8.49. The average Bonchev–Trinajstić information content (AvgIpc) is 2.69. The highest BCUT2D eigenvalue weighted by Crippen LogP contribution is 2.48. The summed E-state index contributed by atoms with van der Waals surface area (Å²) in [6, 6.07) is 0. The highest BCUT2D eigenvalue weighted by molar-refractivity contribution is 5.79. The zero-order chi connectivity index (χ0) is 20.8. The fraction of sp³-hybridized carbons (Fsp3) is 0.800. The third-order valence-corrected chi connectivity index (χ3v) is 6.22. The number of methoxy groups -OCH3 is 1. The molecule has 0 saturated heterocycles. The molecule has 1 N–H and O–H groups in total. The van der Waals surface area contributed by atoms with Crippen molar-refractivity contribution in [1.82, 2.24) is 0 Å². The van der Waals surface area contributed by atoms with Gasteiger partial charge in [-0.1, -0.05) is 89.0 Å². The van der Waals surface area contributed by atoms with Gasteiger partial charge in [-0.3, -0.25) is 4.79 Å². The Balaban J connectivity index is 3.17. The Morgan fingerprint density at radius 2 is 1.64 bits per heavy atom. The van der Waals surface area contributed by atoms with Crippen molar-refractivity contribution in [3.63, 3.8) is 0 Å². The van der Waals surface area contributed by atoms with Crippen molar-refractivity contribution in [2.45, 2.75) is 104 Å². The molecule has 0 spiro atoms. The summed E-state index contributed by atoms with van der Waals surface area (Å²) in [6.45, 7) is 7.25. The van der Waals surface area contributed by atoms with E-state index in [-0.39, 0.29) is 5.92 Å². The number of rotatable bonds is 16. The van der Waals surface area contributed by atoms with Crippen LogP contribution in [0.3, 0.4) is 0 Å². The van der Waals surface area contributed by atoms with Gasteiger partial charge >= 0.3 is 5.97 Å². The van der Waals surface area contributed by atoms with Crippen molar-refractivity contribution in [2.75, 3.05) is 13.7 Å². The Labute approximate surface area is 173 Å². The van der Waals surface area contributed by atoms with Crippen LogP contribution in [0, 0.1) is 11.3 Å². The minimum Gasteiger partial charge on any atom is -0.481 e. The SMILES string of the molecule is CCCCCCCC1(C(=O)O)C=C(CCCC)C=C(CCCC)C1CCOC. The summed E-state index contributed by atoms with van der Waals surface area (Å²) < 4.78 is 5.38. The second kappa shape index (κ2) is 14.0. The summed E-state index contributed by atoms with van der Waals surface area (Å²) in [5.41, 5.74) is 1.84. The van der Waals surface area contributed by atoms with Gasteiger partial charge in [-0.25, -0.2) is 0 Å². The molecule has 1 aliphatic rings. The molecular formula is C25H44O3. The van der Waals surface area contributed by atoms with Crippen molar-refractivity contribution < 1.29 is 14.6 Å². The first-order valence-corrected chi connectivity index (χ1v) is 11.7. The average molecular weight is 393 g/mol. The van der Waals surface area contributed by atoms with Crippen LogP contribution in [0.5, 0.6) is 0 Å². The predicted octanol–water partition coefficient (Wildman–Crippen LogP) is 7.32. The predicted molar refractivity (Wildman–Crippen MR) is 119 cm³/mol. The molecule has 0 saturated carbocycles. The van der Waals surface area contributed by atoms with E-state index in [1.54, 1.807) is 7.11 Å². The summed E-state index contributed by atoms with van der Waals surface area (Å²) in [5, 5.41) is 10.4. The molecule has 28 heavy (non-hydrogen) atoms. The monoisotopic (exact) mass is 392 g/mol. The van der Waals surface area contributed by atoms with Crippen LogP contribution >= 0.6 is 0 Å². The number of carboxylic acids is 1. The maximum absolute atomic E-state index is 12.7. The molecule has 3 heteroatoms. The Morgan fingerprint density at radius 3 is 2.25 bits per heavy atom. The fourth-order valence-corrected chi connectivity index (χ4v) is 4.56. The van der Waals surface area contributed by atoms with Crippen molar-refractivity contribution in [2.24, 2.45) is 11.3 Å². The lowest BCUT2D eigenvalue weighted by atomic mass is 9.63. The molecule has 2 atom stereocenters. The maximum atomic E-state index is 12.7. The number of hydrogen-bond acceptors (Lipinski definition) is 2. The number of hydrogen-bond donors (Lipinski definition) is 1. The first-order chi connectivity index (χ1) is 13.6. The molecule has 0 aliphatic heterocycles. The number of carboxylic acid groups (broad SMARTS) is 1. The first kappa shape index (κ1) is 24.9. The molecule has 0 heterocycles. The van der Waals surface area contributed by atoms with Gasteiger partial charge in [0.2, 0.25) is 0 Å². The van der Waals surface area contributed by atoms with E-state index < -0.39 is 11.4 Å². The van der Waals surface area contributed by atoms with Crippen LogP contribution in [0.25, 0.3) is 0 Å². The number of allylic oxidation sites excluding steroid dienone is 3. The van der Waals surface area contributed by atoms with Crippen LogP contribution in [0.2, 0.25) is 0 Å². The van der Waals surface area contributed by atoms with Gasteiger partial charge in [0.25, 0.3) is 0 Å². The van der Waals surface area contributed by atoms with E-state index in [9.17, 15) is 9.90 Å². The normalized spacial score (nSPS) is 22.1. The molecule has 0 fully saturated rings. The molecule has 0 bridgehead atoms. The van der Waals surface area contributed by atoms with Gasteiger partial charge in [0.15, 0.2) is 0 Å². The van der Waals surface area contributed by atoms with E-state index in [2.05, 4.69) is 32.9 Å². The molecule has 0 aromatic heterocycles. The molecule has 162 valence electrons. The third kappa shape index (κ3) is 7.39. The van der Waals surface area contributed by atoms with E-state index in [0.29, 0.717) is 6.61 Å². The van der Waals surface area contributed by atoms with Gasteiger partial charge in [0.05, 0.1) is 5.41 Å². The Kier molecular flexibility index (Phi) is 12.5. The van der Waals surface area contributed by atoms with Crippen LogP contribution < -0.4 is 0 Å². The summed E-state index contributed by atoms with van der Waals surface area (Å²) in [6.07, 6.45) is 18.3. The minimum atomic E-state index is -0.758. The van der Waals surface area contributed by atoms with E-state index in [1.165, 1.54) is 30.4 Å². The van der Waals surface area contributed by atoms with E-state index >= 15 is 0 Å². The summed E-state index contributed by atoms with van der Waals surface area (Å²) >= 11 is 0. The quantitative estimate of drug-likeness (QED) is 0.280. The molecular weight excluding hydrogens is 348 g/mol. The highest BCUT2D eigenvalue weighted by atomic mass is 16.5. The first-order valence-electron chi connectivity index (χ1n) is 11.7. The zero-order valence-electron chi connectivity index (χ0n) is 18.9. The van der Waals surface area contributed by atoms with Gasteiger partial charge in [0.1, 0.15) is 0 Å². The molecule has 1 aliphatic carbocycles. The molecule has 3 nitrogen and oxygen atoms in total. The molecule has 1 rings (SSSR count). The smallest absolute Gasteiger partial charge is 0.314 e. The molecule has 0 aromatic rings. The standard InChI is InChI=1S/C25H44O3/c1-5-8-11-12-13-17-25(24(26)27)20-21(14-9-6-2)19-22(15-10-7-3)23(25)16-18-28-4/h19-20,23H,5-18H2,1-4H3,(H,26,27). The zero-order valence-corrected chi connectivity index (χ0v) is 18.9. The van der Waals surface area contributed by atoms with Crippen LogP contribution in [0.4, 0.5) is 0 Å². The van der Waals surface area contributed by atoms with Gasteiger partial charge in [-0.05, 0) is 38.5 Å². The highest BCUT2D eigenvalue weighted by Gasteiger charge is 2.46. The largest absolute Gasteiger partial charge is 0.481 e. The number of aliphatic carboxylic acids is 1. The fourth-order valence-electron chi connectivity index (χ4n) is 4.56. The summed E-state index contributed by atoms with van der Waals surface area (Å²) in [4.78, 5) is 12.7. The number of carbonyl (C=O) groups is 1. The van der Waals surface area contributed by atoms with E-state index in [1.807, 2.05) is 0 Å². The summed E-state index contributed by atoms with van der Waals surface area (Å²) in [5.74, 6) is -0.576. The molecule has 0 radical (unpaired) electrons. The molecule has 0 amide bonds. The van der Waals surface area contributed by atoms with Gasteiger partial charge in [0, 0.05) is 19.6 Å². The van der Waals surface area contributed by atoms with Crippen molar-refractivity contribution in [1.29, 1.82) is 0 Å². The lowest BCUT2D eigenvalue weighted by Crippen LogP contribution is -2.41. The van der Waals surface area contributed by atoms with Crippen LogP contribution in [0.15, 0.2) is 23.3 Å². The van der Waals surface area contributed by atoms with Crippen LogP contribution in [-0.4, -0.2) is 24.8 Å². The van der Waals surface area contributed by atoms with Crippen LogP contribution in [0.1, 0.15) is 104 Å². The van der Waals surface area contributed by atoms with Gasteiger partial charge in [-0.2, -0.15) is 0 Å². The molecule has 2 unspecified atom stereocenters. The van der Waals surface area contributed by atoms with Crippen molar-refractivity contribution in [3.8, 4) is 0 Å². The topological polar surface area (TPSA) is 46.5 Å². The van der Waals surface area contributed by atoms with Gasteiger partial charge < -0.3 is 9.84 Å². The van der Waals surface area contributed by atoms with Crippen molar-refractivity contribution in [3.05, 3.63) is 23.3 Å². The lowest BCUT2D eigenvalue weighted by Gasteiger charge is -2.40.